The fourth-order valence-corrected chi connectivity index (χ4v) is 11.7. The molecule has 4 aliphatic carbocycles. The van der Waals surface area contributed by atoms with Gasteiger partial charge in [0.2, 0.25) is 0 Å². The van der Waals surface area contributed by atoms with Crippen molar-refractivity contribution in [1.29, 1.82) is 0 Å². The van der Waals surface area contributed by atoms with E-state index in [4.69, 9.17) is 23.4 Å². The Bertz CT molecular complexity index is 1460. The number of cyclic esters (lactones) is 2. The highest BCUT2D eigenvalue weighted by molar-refractivity contribution is 5.97. The monoisotopic (exact) mass is 608 g/mol. The molecule has 1 N–H and O–H groups in total. The first-order valence-electron chi connectivity index (χ1n) is 16.7. The minimum atomic E-state index is -1.40. The number of unbranched alkanes of at least 4 members (excludes halogenated alkanes) is 4. The molecule has 8 aliphatic rings. The van der Waals surface area contributed by atoms with Gasteiger partial charge in [-0.15, -0.1) is 0 Å². The number of carbonyl (C=O) groups is 3. The first-order valence-corrected chi connectivity index (χ1v) is 16.7. The van der Waals surface area contributed by atoms with E-state index < -0.39 is 63.2 Å². The second kappa shape index (κ2) is 9.07. The minimum Gasteiger partial charge on any atom is -0.469 e. The zero-order chi connectivity index (χ0) is 30.9. The van der Waals surface area contributed by atoms with E-state index in [0.717, 1.165) is 30.6 Å². The highest BCUT2D eigenvalue weighted by Crippen LogP contribution is 2.84. The lowest BCUT2D eigenvalue weighted by molar-refractivity contribution is -0.262. The Balaban J connectivity index is 1.26. The Morgan fingerprint density at radius 3 is 2.59 bits per heavy atom. The van der Waals surface area contributed by atoms with Gasteiger partial charge in [0.05, 0.1) is 35.2 Å². The van der Waals surface area contributed by atoms with Crippen LogP contribution in [0.15, 0.2) is 28.9 Å². The molecular weight excluding hydrogens is 564 g/mol. The van der Waals surface area contributed by atoms with E-state index in [1.54, 1.807) is 6.26 Å². The van der Waals surface area contributed by atoms with Crippen LogP contribution in [0.5, 0.6) is 0 Å². The maximum atomic E-state index is 14.9. The number of aryl methyl sites for hydroxylation is 1. The number of hydrogen-bond donors (Lipinski definition) is 1. The maximum absolute atomic E-state index is 14.9. The summed E-state index contributed by atoms with van der Waals surface area (Å²) in [7, 11) is 0. The van der Waals surface area contributed by atoms with Crippen molar-refractivity contribution in [2.24, 2.45) is 27.6 Å². The highest BCUT2D eigenvalue weighted by Gasteiger charge is 2.94. The Morgan fingerprint density at radius 1 is 1.00 bits per heavy atom. The van der Waals surface area contributed by atoms with Gasteiger partial charge in [-0.3, -0.25) is 9.59 Å². The van der Waals surface area contributed by atoms with Crippen molar-refractivity contribution >= 4 is 17.7 Å². The van der Waals surface area contributed by atoms with Gasteiger partial charge in [0.15, 0.2) is 11.9 Å². The van der Waals surface area contributed by atoms with E-state index in [9.17, 15) is 19.5 Å². The van der Waals surface area contributed by atoms with Crippen molar-refractivity contribution in [3.05, 3.63) is 35.8 Å². The summed E-state index contributed by atoms with van der Waals surface area (Å²) >= 11 is 0. The summed E-state index contributed by atoms with van der Waals surface area (Å²) in [6.07, 6.45) is 10.2. The average Bonchev–Trinajstić information content (AvgIpc) is 3.61. The molecule has 9 nitrogen and oxygen atoms in total. The number of carbonyl (C=O) groups excluding carboxylic acids is 3. The number of fused-ring (bicyclic) bond motifs is 2. The molecule has 9 rings (SSSR count). The number of aliphatic hydroxyl groups is 1. The third-order valence-electron chi connectivity index (χ3n) is 13.4. The lowest BCUT2D eigenvalue weighted by Crippen LogP contribution is -2.79. The van der Waals surface area contributed by atoms with Crippen LogP contribution in [-0.2, 0) is 39.8 Å². The molecule has 2 saturated carbocycles. The Hall–Kier alpha value is -2.49. The van der Waals surface area contributed by atoms with Crippen LogP contribution in [0.1, 0.15) is 103 Å². The zero-order valence-corrected chi connectivity index (χ0v) is 26.2. The van der Waals surface area contributed by atoms with E-state index in [1.807, 2.05) is 32.1 Å². The largest absolute Gasteiger partial charge is 0.469 e. The third kappa shape index (κ3) is 2.97. The highest BCUT2D eigenvalue weighted by atomic mass is 16.7. The van der Waals surface area contributed by atoms with Crippen LogP contribution in [0.4, 0.5) is 0 Å². The van der Waals surface area contributed by atoms with Crippen LogP contribution in [0, 0.1) is 27.6 Å². The van der Waals surface area contributed by atoms with Crippen LogP contribution >= 0.6 is 0 Å². The van der Waals surface area contributed by atoms with E-state index in [1.165, 1.54) is 19.3 Å². The predicted octanol–water partition coefficient (Wildman–Crippen LogP) is 4.93. The quantitative estimate of drug-likeness (QED) is 0.199. The van der Waals surface area contributed by atoms with Gasteiger partial charge >= 0.3 is 11.9 Å². The van der Waals surface area contributed by atoms with Gasteiger partial charge in [-0.1, -0.05) is 51.7 Å². The van der Waals surface area contributed by atoms with Crippen LogP contribution in [0.2, 0.25) is 0 Å². The third-order valence-corrected chi connectivity index (χ3v) is 13.4. The molecule has 10 atom stereocenters. The van der Waals surface area contributed by atoms with Gasteiger partial charge in [0, 0.05) is 22.8 Å². The number of Topliss-reactive ketones (excluding diaryl/α,β-unsaturated/α-hetero) is 1. The average molecular weight is 609 g/mol. The number of hydrogen-bond acceptors (Lipinski definition) is 9. The smallest absolute Gasteiger partial charge is 0.339 e. The van der Waals surface area contributed by atoms with Crippen LogP contribution in [-0.4, -0.2) is 58.9 Å². The normalized spacial score (nSPS) is 47.5. The number of aliphatic hydroxyl groups excluding tert-OH is 1. The number of furan rings is 1. The molecule has 4 saturated heterocycles. The minimum absolute atomic E-state index is 0.0321. The zero-order valence-electron chi connectivity index (χ0n) is 26.2. The first kappa shape index (κ1) is 28.9. The number of rotatable bonds is 7. The standard InChI is InChI=1S/C35H44O9/c1-5-6-7-8-9-11-21-20(13-17-40-21)27-31(4)16-12-22-32(35(31)28(44-35)29(39)42-27)14-10-15-34(26(38)25(32)37)30(2,3)43-23-18-24(36)41-19-33(22,23)34/h10,13,15,17,22-23,25,27-28,37H,5-9,11-12,14,16,18-19H2,1-4H3/t22-,23+,25-,27-,28-,31-,32+,33-,34+,35+/m1/s1. The predicted molar refractivity (Wildman–Crippen MR) is 155 cm³/mol. The number of ketones is 1. The van der Waals surface area contributed by atoms with E-state index in [-0.39, 0.29) is 30.7 Å². The number of allylic oxidation sites excluding steroid dienone is 1. The molecule has 1 aromatic rings. The fourth-order valence-electron chi connectivity index (χ4n) is 11.7. The molecule has 44 heavy (non-hydrogen) atoms. The van der Waals surface area contributed by atoms with Gasteiger partial charge in [0.1, 0.15) is 30.2 Å². The Kier molecular flexibility index (Phi) is 5.97. The van der Waals surface area contributed by atoms with Crippen molar-refractivity contribution in [2.75, 3.05) is 6.61 Å². The van der Waals surface area contributed by atoms with Crippen molar-refractivity contribution in [3.63, 3.8) is 0 Å². The number of epoxide rings is 1. The van der Waals surface area contributed by atoms with Crippen molar-refractivity contribution in [1.82, 2.24) is 0 Å². The van der Waals surface area contributed by atoms with Crippen molar-refractivity contribution in [2.45, 2.75) is 128 Å². The fraction of sp³-hybridized carbons (Fsp3) is 0.743. The maximum Gasteiger partial charge on any atom is 0.339 e. The molecule has 1 aromatic heterocycles. The topological polar surface area (TPSA) is 125 Å². The van der Waals surface area contributed by atoms with Crippen LogP contribution in [0.3, 0.4) is 0 Å². The van der Waals surface area contributed by atoms with Crippen LogP contribution < -0.4 is 0 Å². The van der Waals surface area contributed by atoms with Gasteiger partial charge in [-0.2, -0.15) is 0 Å². The molecule has 5 heterocycles. The number of ether oxygens (including phenoxy) is 4. The van der Waals surface area contributed by atoms with Crippen LogP contribution in [0.25, 0.3) is 0 Å². The number of esters is 2. The summed E-state index contributed by atoms with van der Waals surface area (Å²) in [6, 6.07) is 1.91. The van der Waals surface area contributed by atoms with Gasteiger partial charge in [-0.25, -0.2) is 4.79 Å². The summed E-state index contributed by atoms with van der Waals surface area (Å²) in [5.74, 6) is -0.618. The summed E-state index contributed by atoms with van der Waals surface area (Å²) in [5, 5.41) is 12.4. The van der Waals surface area contributed by atoms with Gasteiger partial charge in [0.25, 0.3) is 0 Å². The molecular formula is C35H44O9. The second-order valence-corrected chi connectivity index (χ2v) is 15.3. The molecule has 0 unspecified atom stereocenters. The second-order valence-electron chi connectivity index (χ2n) is 15.3. The summed E-state index contributed by atoms with van der Waals surface area (Å²) in [4.78, 5) is 41.3. The van der Waals surface area contributed by atoms with Crippen molar-refractivity contribution in [3.8, 4) is 0 Å². The summed E-state index contributed by atoms with van der Waals surface area (Å²) in [5.41, 5.74) is -5.23. The molecule has 9 heteroatoms. The molecule has 238 valence electrons. The molecule has 0 amide bonds. The first-order chi connectivity index (χ1) is 21.0. The lowest BCUT2D eigenvalue weighted by Gasteiger charge is -2.68. The molecule has 6 fully saturated rings. The molecule has 4 spiro atoms. The summed E-state index contributed by atoms with van der Waals surface area (Å²) in [6.45, 7) is 8.12. The Labute approximate surface area is 258 Å². The summed E-state index contributed by atoms with van der Waals surface area (Å²) < 4.78 is 31.4. The SMILES string of the molecule is CCCCCCCc1occc1[C@H]1OC(=O)[C@H]2O[C@@]23[C@]24CC=C[C@]5(C(=O)[C@H]2O)C(C)(C)O[C@H]2CC(=O)OC[C@@]25[C@@H]4CC[C@]13C. The lowest BCUT2D eigenvalue weighted by atomic mass is 9.33. The Morgan fingerprint density at radius 2 is 1.80 bits per heavy atom. The molecule has 4 aliphatic heterocycles. The van der Waals surface area contributed by atoms with E-state index in [2.05, 4.69) is 13.8 Å². The van der Waals surface area contributed by atoms with E-state index >= 15 is 0 Å². The van der Waals surface area contributed by atoms with E-state index in [0.29, 0.717) is 19.3 Å². The van der Waals surface area contributed by atoms with Crippen molar-refractivity contribution < 1.29 is 42.9 Å². The molecule has 0 aromatic carbocycles. The van der Waals surface area contributed by atoms with Gasteiger partial charge < -0.3 is 28.5 Å². The molecule has 0 radical (unpaired) electrons. The molecule has 2 bridgehead atoms. The van der Waals surface area contributed by atoms with Gasteiger partial charge in [-0.05, 0) is 51.5 Å².